The molecule has 3 rings (SSSR count). The Labute approximate surface area is 150 Å². The van der Waals surface area contributed by atoms with Crippen molar-refractivity contribution in [3.8, 4) is 0 Å². The van der Waals surface area contributed by atoms with E-state index in [0.717, 1.165) is 5.56 Å². The van der Waals surface area contributed by atoms with Gasteiger partial charge in [0.1, 0.15) is 17.3 Å². The van der Waals surface area contributed by atoms with Crippen LogP contribution in [-0.2, 0) is 17.8 Å². The van der Waals surface area contributed by atoms with Gasteiger partial charge in [0.2, 0.25) is 5.91 Å². The highest BCUT2D eigenvalue weighted by Crippen LogP contribution is 2.19. The van der Waals surface area contributed by atoms with Crippen molar-refractivity contribution < 1.29 is 9.18 Å². The summed E-state index contributed by atoms with van der Waals surface area (Å²) in [6, 6.07) is 7.89. The molecule has 0 aliphatic heterocycles. The van der Waals surface area contributed by atoms with Crippen LogP contribution in [0.4, 0.5) is 10.2 Å². The molecule has 0 spiro atoms. The molecule has 2 N–H and O–H groups in total. The minimum atomic E-state index is -0.546. The molecule has 0 unspecified atom stereocenters. The maximum Gasteiger partial charge on any atom is 0.262 e. The number of benzene rings is 1. The molecule has 0 aliphatic carbocycles. The molecule has 26 heavy (non-hydrogen) atoms. The molecule has 0 bridgehead atoms. The number of fused-ring (bicyclic) bond motifs is 1. The van der Waals surface area contributed by atoms with E-state index in [-0.39, 0.29) is 17.3 Å². The van der Waals surface area contributed by atoms with Crippen LogP contribution in [0.1, 0.15) is 26.3 Å². The monoisotopic (exact) mass is 356 g/mol. The summed E-state index contributed by atoms with van der Waals surface area (Å²) in [4.78, 5) is 31.9. The minimum absolute atomic E-state index is 0.157. The molecule has 3 aromatic rings. The molecule has 0 saturated heterocycles. The number of H-pyrrole nitrogens is 1. The minimum Gasteiger partial charge on any atom is -0.326 e. The van der Waals surface area contributed by atoms with Crippen LogP contribution >= 0.6 is 0 Å². The topological polar surface area (TPSA) is 79.8 Å². The fraction of sp³-hybridized carbons (Fsp3) is 0.316. The van der Waals surface area contributed by atoms with Crippen LogP contribution in [0.3, 0.4) is 0 Å². The average molecular weight is 356 g/mol. The van der Waals surface area contributed by atoms with E-state index in [1.165, 1.54) is 23.0 Å². The average Bonchev–Trinajstić information content (AvgIpc) is 2.97. The number of carbonyl (C=O) groups is 1. The number of aromatic amines is 1. The number of nitrogens with one attached hydrogen (secondary N) is 2. The molecule has 2 heterocycles. The zero-order chi connectivity index (χ0) is 18.9. The summed E-state index contributed by atoms with van der Waals surface area (Å²) in [6.07, 6.45) is 1.97. The second-order valence-electron chi connectivity index (χ2n) is 7.27. The van der Waals surface area contributed by atoms with Crippen molar-refractivity contribution in [1.29, 1.82) is 0 Å². The first-order chi connectivity index (χ1) is 12.2. The smallest absolute Gasteiger partial charge is 0.262 e. The third kappa shape index (κ3) is 3.82. The molecule has 0 atom stereocenters. The van der Waals surface area contributed by atoms with Gasteiger partial charge < -0.3 is 10.3 Å². The van der Waals surface area contributed by atoms with E-state index in [1.807, 2.05) is 26.8 Å². The van der Waals surface area contributed by atoms with Gasteiger partial charge in [-0.2, -0.15) is 0 Å². The van der Waals surface area contributed by atoms with E-state index in [4.69, 9.17) is 0 Å². The number of aromatic nitrogens is 3. The normalized spacial score (nSPS) is 11.7. The first kappa shape index (κ1) is 17.8. The number of hydrogen-bond donors (Lipinski definition) is 2. The Bertz CT molecular complexity index is 1010. The van der Waals surface area contributed by atoms with Gasteiger partial charge in [-0.25, -0.2) is 9.37 Å². The van der Waals surface area contributed by atoms with E-state index in [2.05, 4.69) is 15.3 Å². The summed E-state index contributed by atoms with van der Waals surface area (Å²) >= 11 is 0. The molecule has 0 fully saturated rings. The van der Waals surface area contributed by atoms with Gasteiger partial charge in [-0.3, -0.25) is 14.2 Å². The number of amides is 1. The zero-order valence-corrected chi connectivity index (χ0v) is 15.0. The second-order valence-corrected chi connectivity index (χ2v) is 7.27. The lowest BCUT2D eigenvalue weighted by atomic mass is 9.96. The van der Waals surface area contributed by atoms with Gasteiger partial charge >= 0.3 is 0 Å². The number of aryl methyl sites for hydroxylation is 2. The maximum absolute atomic E-state index is 13.3. The van der Waals surface area contributed by atoms with Crippen LogP contribution in [0.15, 0.2) is 41.5 Å². The highest BCUT2D eigenvalue weighted by molar-refractivity contribution is 5.95. The van der Waals surface area contributed by atoms with Gasteiger partial charge in [0.25, 0.3) is 5.56 Å². The molecule has 0 saturated carbocycles. The lowest BCUT2D eigenvalue weighted by Crippen LogP contribution is -2.27. The standard InChI is InChI=1S/C19H21FN4O2/c1-19(2,3)18(26)23-15-10-14-16(22-15)21-11-24(17(14)25)8-7-12-5-4-6-13(20)9-12/h4-6,9-11,22H,7-8H2,1-3H3,(H,23,26). The van der Waals surface area contributed by atoms with Gasteiger partial charge in [0.15, 0.2) is 0 Å². The van der Waals surface area contributed by atoms with Crippen molar-refractivity contribution in [2.75, 3.05) is 5.32 Å². The van der Waals surface area contributed by atoms with Crippen molar-refractivity contribution in [2.24, 2.45) is 5.41 Å². The van der Waals surface area contributed by atoms with Crippen LogP contribution in [0.2, 0.25) is 0 Å². The number of nitrogens with zero attached hydrogens (tertiary/aromatic N) is 2. The number of carbonyl (C=O) groups excluding carboxylic acids is 1. The number of anilines is 1. The molecule has 136 valence electrons. The molecular weight excluding hydrogens is 335 g/mol. The Balaban J connectivity index is 1.82. The Morgan fingerprint density at radius 3 is 2.77 bits per heavy atom. The lowest BCUT2D eigenvalue weighted by Gasteiger charge is -2.16. The van der Waals surface area contributed by atoms with E-state index in [9.17, 15) is 14.0 Å². The lowest BCUT2D eigenvalue weighted by molar-refractivity contribution is -0.123. The summed E-state index contributed by atoms with van der Waals surface area (Å²) in [5.74, 6) is -0.0174. The van der Waals surface area contributed by atoms with Gasteiger partial charge in [-0.15, -0.1) is 0 Å². The third-order valence-corrected chi connectivity index (χ3v) is 4.07. The first-order valence-electron chi connectivity index (χ1n) is 8.38. The van der Waals surface area contributed by atoms with Crippen LogP contribution in [-0.4, -0.2) is 20.4 Å². The van der Waals surface area contributed by atoms with Crippen molar-refractivity contribution in [3.63, 3.8) is 0 Å². The number of halogens is 1. The van der Waals surface area contributed by atoms with Crippen LogP contribution in [0.25, 0.3) is 11.0 Å². The van der Waals surface area contributed by atoms with Crippen molar-refractivity contribution in [1.82, 2.24) is 14.5 Å². The molecule has 2 aromatic heterocycles. The van der Waals surface area contributed by atoms with Gasteiger partial charge in [-0.05, 0) is 30.2 Å². The number of hydrogen-bond acceptors (Lipinski definition) is 3. The third-order valence-electron chi connectivity index (χ3n) is 4.07. The maximum atomic E-state index is 13.3. The SMILES string of the molecule is CC(C)(C)C(=O)Nc1cc2c(=O)n(CCc3cccc(F)c3)cnc2[nH]1. The van der Waals surface area contributed by atoms with Gasteiger partial charge in [-0.1, -0.05) is 32.9 Å². The summed E-state index contributed by atoms with van der Waals surface area (Å²) in [7, 11) is 0. The van der Waals surface area contributed by atoms with E-state index in [0.29, 0.717) is 29.8 Å². The van der Waals surface area contributed by atoms with Gasteiger partial charge in [0, 0.05) is 12.0 Å². The quantitative estimate of drug-likeness (QED) is 0.754. The molecule has 1 amide bonds. The van der Waals surface area contributed by atoms with Crippen LogP contribution in [0.5, 0.6) is 0 Å². The van der Waals surface area contributed by atoms with E-state index < -0.39 is 5.41 Å². The molecule has 0 radical (unpaired) electrons. The molecule has 6 nitrogen and oxygen atoms in total. The summed E-state index contributed by atoms with van der Waals surface area (Å²) in [5, 5.41) is 3.16. The van der Waals surface area contributed by atoms with Gasteiger partial charge in [0.05, 0.1) is 11.7 Å². The predicted octanol–water partition coefficient (Wildman–Crippen LogP) is 3.09. The fourth-order valence-electron chi connectivity index (χ4n) is 2.52. The van der Waals surface area contributed by atoms with Crippen molar-refractivity contribution in [2.45, 2.75) is 33.7 Å². The van der Waals surface area contributed by atoms with Crippen LogP contribution < -0.4 is 10.9 Å². The second kappa shape index (κ2) is 6.74. The summed E-state index contributed by atoms with van der Waals surface area (Å²) < 4.78 is 14.7. The summed E-state index contributed by atoms with van der Waals surface area (Å²) in [5.41, 5.74) is 0.472. The fourth-order valence-corrected chi connectivity index (χ4v) is 2.52. The van der Waals surface area contributed by atoms with Crippen molar-refractivity contribution in [3.05, 3.63) is 58.4 Å². The van der Waals surface area contributed by atoms with E-state index >= 15 is 0 Å². The molecule has 1 aromatic carbocycles. The molecule has 0 aliphatic rings. The molecular formula is C19H21FN4O2. The Kier molecular flexibility index (Phi) is 4.63. The highest BCUT2D eigenvalue weighted by Gasteiger charge is 2.22. The largest absolute Gasteiger partial charge is 0.326 e. The predicted molar refractivity (Wildman–Crippen MR) is 98.5 cm³/mol. The highest BCUT2D eigenvalue weighted by atomic mass is 19.1. The first-order valence-corrected chi connectivity index (χ1v) is 8.38. The van der Waals surface area contributed by atoms with Crippen LogP contribution in [0, 0.1) is 11.2 Å². The Morgan fingerprint density at radius 1 is 1.31 bits per heavy atom. The number of rotatable bonds is 4. The van der Waals surface area contributed by atoms with E-state index in [1.54, 1.807) is 12.1 Å². The Hall–Kier alpha value is -2.96. The zero-order valence-electron chi connectivity index (χ0n) is 15.0. The Morgan fingerprint density at radius 2 is 2.08 bits per heavy atom. The summed E-state index contributed by atoms with van der Waals surface area (Å²) in [6.45, 7) is 5.81. The molecule has 7 heteroatoms. The van der Waals surface area contributed by atoms with Crippen molar-refractivity contribution >= 4 is 22.8 Å².